The first-order chi connectivity index (χ1) is 8.80. The number of hydrogen-bond acceptors (Lipinski definition) is 3. The van der Waals surface area contributed by atoms with Crippen molar-refractivity contribution in [1.29, 1.82) is 0 Å². The second kappa shape index (κ2) is 4.04. The van der Waals surface area contributed by atoms with Crippen LogP contribution in [0.3, 0.4) is 0 Å². The fourth-order valence-electron chi connectivity index (χ4n) is 2.12. The smallest absolute Gasteiger partial charge is 0.399 e. The number of rotatable bonds is 1. The standard InChI is InChI=1S/C14H16BFO2S/c1-13(2)14(3,4)18-15(17-13)11-8-9-6-5-7-10(16)12(9)19-11/h5-8H,1-4H3. The van der Waals surface area contributed by atoms with Crippen LogP contribution in [-0.2, 0) is 9.31 Å². The van der Waals surface area contributed by atoms with E-state index in [9.17, 15) is 4.39 Å². The van der Waals surface area contributed by atoms with Crippen LogP contribution >= 0.6 is 11.3 Å². The van der Waals surface area contributed by atoms with E-state index in [1.54, 1.807) is 6.07 Å². The molecule has 0 unspecified atom stereocenters. The van der Waals surface area contributed by atoms with Crippen molar-refractivity contribution in [2.24, 2.45) is 0 Å². The Hall–Kier alpha value is -0.905. The van der Waals surface area contributed by atoms with Crippen LogP contribution in [-0.4, -0.2) is 18.3 Å². The van der Waals surface area contributed by atoms with Crippen LogP contribution in [0.15, 0.2) is 24.3 Å². The van der Waals surface area contributed by atoms with Gasteiger partial charge >= 0.3 is 7.12 Å². The molecule has 1 aromatic carbocycles. The van der Waals surface area contributed by atoms with Gasteiger partial charge in [-0.3, -0.25) is 0 Å². The molecule has 1 saturated heterocycles. The van der Waals surface area contributed by atoms with Gasteiger partial charge in [-0.15, -0.1) is 11.3 Å². The minimum absolute atomic E-state index is 0.190. The second-order valence-electron chi connectivity index (χ2n) is 5.90. The first-order valence-corrected chi connectivity index (χ1v) is 7.15. The molecule has 5 heteroatoms. The third-order valence-electron chi connectivity index (χ3n) is 4.00. The topological polar surface area (TPSA) is 18.5 Å². The number of hydrogen-bond donors (Lipinski definition) is 0. The first-order valence-electron chi connectivity index (χ1n) is 6.34. The van der Waals surface area contributed by atoms with Crippen LogP contribution in [0.2, 0.25) is 0 Å². The van der Waals surface area contributed by atoms with Crippen molar-refractivity contribution in [2.75, 3.05) is 0 Å². The average molecular weight is 278 g/mol. The van der Waals surface area contributed by atoms with E-state index in [1.807, 2.05) is 39.8 Å². The minimum atomic E-state index is -0.415. The van der Waals surface area contributed by atoms with E-state index < -0.39 is 7.12 Å². The molecule has 1 fully saturated rings. The molecule has 0 amide bonds. The van der Waals surface area contributed by atoms with Crippen molar-refractivity contribution in [1.82, 2.24) is 0 Å². The van der Waals surface area contributed by atoms with E-state index in [0.29, 0.717) is 4.70 Å². The Morgan fingerprint density at radius 1 is 1.11 bits per heavy atom. The molecule has 1 aliphatic rings. The molecule has 0 atom stereocenters. The Morgan fingerprint density at radius 2 is 1.74 bits per heavy atom. The number of halogens is 1. The first kappa shape index (κ1) is 13.1. The number of thiophene rings is 1. The van der Waals surface area contributed by atoms with Crippen LogP contribution < -0.4 is 4.78 Å². The molecule has 0 N–H and O–H groups in total. The largest absolute Gasteiger partial charge is 0.505 e. The lowest BCUT2D eigenvalue weighted by atomic mass is 9.87. The Balaban J connectivity index is 2.01. The molecule has 0 spiro atoms. The average Bonchev–Trinajstić information content (AvgIpc) is 2.80. The highest BCUT2D eigenvalue weighted by Gasteiger charge is 2.52. The Kier molecular flexibility index (Phi) is 2.79. The van der Waals surface area contributed by atoms with E-state index in [1.165, 1.54) is 17.4 Å². The van der Waals surface area contributed by atoms with Crippen molar-refractivity contribution in [3.63, 3.8) is 0 Å². The quantitative estimate of drug-likeness (QED) is 0.745. The van der Waals surface area contributed by atoms with Crippen LogP contribution in [0.25, 0.3) is 10.1 Å². The molecule has 3 rings (SSSR count). The summed E-state index contributed by atoms with van der Waals surface area (Å²) in [7, 11) is -0.415. The summed E-state index contributed by atoms with van der Waals surface area (Å²) in [5.74, 6) is -0.190. The summed E-state index contributed by atoms with van der Waals surface area (Å²) in [4.78, 5) is 0. The van der Waals surface area contributed by atoms with Crippen LogP contribution in [0.5, 0.6) is 0 Å². The third kappa shape index (κ3) is 2.00. The van der Waals surface area contributed by atoms with Crippen molar-refractivity contribution < 1.29 is 13.7 Å². The van der Waals surface area contributed by atoms with Gasteiger partial charge in [0.2, 0.25) is 0 Å². The highest BCUT2D eigenvalue weighted by atomic mass is 32.1. The van der Waals surface area contributed by atoms with E-state index in [4.69, 9.17) is 9.31 Å². The van der Waals surface area contributed by atoms with Gasteiger partial charge in [-0.05, 0) is 45.2 Å². The molecule has 100 valence electrons. The molecule has 2 heterocycles. The van der Waals surface area contributed by atoms with Crippen molar-refractivity contribution in [2.45, 2.75) is 38.9 Å². The molecule has 2 nitrogen and oxygen atoms in total. The maximum atomic E-state index is 13.7. The monoisotopic (exact) mass is 278 g/mol. The Morgan fingerprint density at radius 3 is 2.32 bits per heavy atom. The van der Waals surface area contributed by atoms with Crippen LogP contribution in [0.1, 0.15) is 27.7 Å². The molecular weight excluding hydrogens is 262 g/mol. The maximum absolute atomic E-state index is 13.7. The second-order valence-corrected chi connectivity index (χ2v) is 6.98. The van der Waals surface area contributed by atoms with Crippen molar-refractivity contribution in [3.05, 3.63) is 30.1 Å². The molecular formula is C14H16BFO2S. The molecule has 2 aromatic rings. The van der Waals surface area contributed by atoms with Gasteiger partial charge in [-0.2, -0.15) is 0 Å². The summed E-state index contributed by atoms with van der Waals surface area (Å²) < 4.78 is 27.3. The highest BCUT2D eigenvalue weighted by molar-refractivity contribution is 7.28. The lowest BCUT2D eigenvalue weighted by molar-refractivity contribution is 0.00578. The Bertz CT molecular complexity index is 619. The van der Waals surface area contributed by atoms with Crippen molar-refractivity contribution in [3.8, 4) is 0 Å². The molecule has 0 radical (unpaired) electrons. The summed E-state index contributed by atoms with van der Waals surface area (Å²) in [6, 6.07) is 7.06. The molecule has 19 heavy (non-hydrogen) atoms. The fourth-order valence-corrected chi connectivity index (χ4v) is 3.15. The lowest BCUT2D eigenvalue weighted by Gasteiger charge is -2.32. The van der Waals surface area contributed by atoms with Gasteiger partial charge in [0.25, 0.3) is 0 Å². The zero-order valence-corrected chi connectivity index (χ0v) is 12.3. The SMILES string of the molecule is CC1(C)OB(c2cc3cccc(F)c3s2)OC1(C)C. The highest BCUT2D eigenvalue weighted by Crippen LogP contribution is 2.37. The van der Waals surface area contributed by atoms with Gasteiger partial charge in [-0.1, -0.05) is 12.1 Å². The number of benzene rings is 1. The van der Waals surface area contributed by atoms with Gasteiger partial charge in [0.05, 0.1) is 15.9 Å². The lowest BCUT2D eigenvalue weighted by Crippen LogP contribution is -2.41. The molecule has 0 saturated carbocycles. The molecule has 1 aromatic heterocycles. The Labute approximate surface area is 116 Å². The summed E-state index contributed by atoms with van der Waals surface area (Å²) in [6.07, 6.45) is 0. The summed E-state index contributed by atoms with van der Waals surface area (Å²) in [5, 5.41) is 0.898. The molecule has 0 bridgehead atoms. The predicted octanol–water partition coefficient (Wildman–Crippen LogP) is 3.34. The normalized spacial score (nSPS) is 21.2. The van der Waals surface area contributed by atoms with E-state index in [0.717, 1.165) is 10.2 Å². The van der Waals surface area contributed by atoms with Gasteiger partial charge in [0, 0.05) is 4.78 Å². The number of fused-ring (bicyclic) bond motifs is 1. The zero-order valence-electron chi connectivity index (χ0n) is 11.5. The van der Waals surface area contributed by atoms with Gasteiger partial charge in [-0.25, -0.2) is 4.39 Å². The third-order valence-corrected chi connectivity index (χ3v) is 5.18. The summed E-state index contributed by atoms with van der Waals surface area (Å²) in [6.45, 7) is 8.06. The fraction of sp³-hybridized carbons (Fsp3) is 0.429. The van der Waals surface area contributed by atoms with Gasteiger partial charge in [0.15, 0.2) is 0 Å². The van der Waals surface area contributed by atoms with Crippen molar-refractivity contribution >= 4 is 33.3 Å². The molecule has 1 aliphatic heterocycles. The summed E-state index contributed by atoms with van der Waals surface area (Å²) >= 11 is 1.40. The van der Waals surface area contributed by atoms with Gasteiger partial charge in [0.1, 0.15) is 5.82 Å². The maximum Gasteiger partial charge on any atom is 0.505 e. The van der Waals surface area contributed by atoms with E-state index in [2.05, 4.69) is 0 Å². The van der Waals surface area contributed by atoms with Crippen LogP contribution in [0.4, 0.5) is 4.39 Å². The minimum Gasteiger partial charge on any atom is -0.399 e. The van der Waals surface area contributed by atoms with Crippen LogP contribution in [0, 0.1) is 5.82 Å². The molecule has 0 aliphatic carbocycles. The van der Waals surface area contributed by atoms with E-state index in [-0.39, 0.29) is 17.0 Å². The zero-order chi connectivity index (χ0) is 13.8. The van der Waals surface area contributed by atoms with E-state index >= 15 is 0 Å². The summed E-state index contributed by atoms with van der Waals surface area (Å²) in [5.41, 5.74) is -0.737. The van der Waals surface area contributed by atoms with Gasteiger partial charge < -0.3 is 9.31 Å². The predicted molar refractivity (Wildman–Crippen MR) is 77.5 cm³/mol.